The Balaban J connectivity index is 2.12. The van der Waals surface area contributed by atoms with Crippen LogP contribution in [0.4, 0.5) is 0 Å². The van der Waals surface area contributed by atoms with Crippen molar-refractivity contribution in [1.29, 1.82) is 0 Å². The van der Waals surface area contributed by atoms with Crippen molar-refractivity contribution in [2.75, 3.05) is 7.11 Å². The Hall–Kier alpha value is -2.62. The van der Waals surface area contributed by atoms with E-state index in [0.717, 1.165) is 11.1 Å². The molecule has 0 amide bonds. The molecule has 2 rings (SSSR count). The van der Waals surface area contributed by atoms with Crippen LogP contribution in [0.2, 0.25) is 0 Å². The monoisotopic (exact) mass is 312 g/mol. The van der Waals surface area contributed by atoms with Crippen LogP contribution in [0.15, 0.2) is 42.5 Å². The highest BCUT2D eigenvalue weighted by atomic mass is 16.5. The summed E-state index contributed by atoms with van der Waals surface area (Å²) in [6, 6.07) is 12.3. The number of benzene rings is 2. The van der Waals surface area contributed by atoms with Gasteiger partial charge in [-0.3, -0.25) is 4.79 Å². The minimum Gasteiger partial charge on any atom is -0.483 e. The Bertz CT molecular complexity index is 717. The molecule has 0 fully saturated rings. The fourth-order valence-electron chi connectivity index (χ4n) is 2.27. The number of esters is 1. The molecule has 0 unspecified atom stereocenters. The molecule has 0 heterocycles. The topological polar surface area (TPSA) is 52.6 Å². The van der Waals surface area contributed by atoms with Gasteiger partial charge in [-0.2, -0.15) is 0 Å². The molecule has 1 atom stereocenters. The Morgan fingerprint density at radius 3 is 2.26 bits per heavy atom. The minimum absolute atomic E-state index is 0.0664. The zero-order valence-electron chi connectivity index (χ0n) is 13.8. The molecule has 2 aromatic carbocycles. The number of carbonyl (C=O) groups is 2. The number of aryl methyl sites for hydroxylation is 2. The van der Waals surface area contributed by atoms with E-state index in [0.29, 0.717) is 16.9 Å². The van der Waals surface area contributed by atoms with Crippen LogP contribution in [0.5, 0.6) is 5.75 Å². The summed E-state index contributed by atoms with van der Waals surface area (Å²) in [7, 11) is 1.33. The van der Waals surface area contributed by atoms with E-state index in [2.05, 4.69) is 4.74 Å². The van der Waals surface area contributed by atoms with E-state index in [1.807, 2.05) is 32.0 Å². The second kappa shape index (κ2) is 7.09. The molecule has 0 aliphatic carbocycles. The van der Waals surface area contributed by atoms with Crippen molar-refractivity contribution in [3.8, 4) is 5.75 Å². The first-order chi connectivity index (χ1) is 10.9. The highest BCUT2D eigenvalue weighted by molar-refractivity contribution is 6.00. The van der Waals surface area contributed by atoms with E-state index in [4.69, 9.17) is 4.74 Å². The summed E-state index contributed by atoms with van der Waals surface area (Å²) in [4.78, 5) is 23.9. The normalized spacial score (nSPS) is 11.7. The van der Waals surface area contributed by atoms with Gasteiger partial charge < -0.3 is 9.47 Å². The van der Waals surface area contributed by atoms with Crippen molar-refractivity contribution >= 4 is 11.8 Å². The van der Waals surface area contributed by atoms with Crippen molar-refractivity contribution < 1.29 is 19.1 Å². The van der Waals surface area contributed by atoms with Gasteiger partial charge in [-0.05, 0) is 56.7 Å². The van der Waals surface area contributed by atoms with Gasteiger partial charge in [0.25, 0.3) is 0 Å². The number of hydrogen-bond acceptors (Lipinski definition) is 4. The van der Waals surface area contributed by atoms with Crippen LogP contribution in [0.1, 0.15) is 38.8 Å². The quantitative estimate of drug-likeness (QED) is 0.623. The molecule has 0 spiro atoms. The zero-order valence-corrected chi connectivity index (χ0v) is 13.8. The van der Waals surface area contributed by atoms with E-state index >= 15 is 0 Å². The van der Waals surface area contributed by atoms with Crippen molar-refractivity contribution in [2.24, 2.45) is 0 Å². The summed E-state index contributed by atoms with van der Waals surface area (Å²) in [6.07, 6.45) is -0.612. The lowest BCUT2D eigenvalue weighted by Gasteiger charge is -2.15. The first kappa shape index (κ1) is 16.7. The lowest BCUT2D eigenvalue weighted by Crippen LogP contribution is -2.24. The molecular formula is C19H20O4. The average molecular weight is 312 g/mol. The summed E-state index contributed by atoms with van der Waals surface area (Å²) in [5, 5.41) is 0. The first-order valence-corrected chi connectivity index (χ1v) is 7.39. The van der Waals surface area contributed by atoms with E-state index in [1.165, 1.54) is 7.11 Å². The molecule has 0 aliphatic rings. The average Bonchev–Trinajstić information content (AvgIpc) is 2.56. The number of ether oxygens (including phenoxy) is 2. The van der Waals surface area contributed by atoms with Gasteiger partial charge in [0.05, 0.1) is 12.7 Å². The number of carbonyl (C=O) groups excluding carboxylic acids is 2. The Morgan fingerprint density at radius 1 is 1.00 bits per heavy atom. The van der Waals surface area contributed by atoms with Gasteiger partial charge in [0.2, 0.25) is 5.78 Å². The van der Waals surface area contributed by atoms with E-state index in [1.54, 1.807) is 31.2 Å². The molecule has 23 heavy (non-hydrogen) atoms. The maximum absolute atomic E-state index is 12.5. The number of Topliss-reactive ketones (excluding diaryl/α,β-unsaturated/α-hetero) is 1. The molecule has 0 saturated heterocycles. The molecule has 0 bridgehead atoms. The lowest BCUT2D eigenvalue weighted by atomic mass is 9.99. The van der Waals surface area contributed by atoms with Crippen molar-refractivity contribution in [1.82, 2.24) is 0 Å². The van der Waals surface area contributed by atoms with Crippen molar-refractivity contribution in [3.05, 3.63) is 64.7 Å². The fraction of sp³-hybridized carbons (Fsp3) is 0.263. The Labute approximate surface area is 136 Å². The van der Waals surface area contributed by atoms with Gasteiger partial charge in [-0.15, -0.1) is 0 Å². The molecule has 2 aromatic rings. The third-order valence-electron chi connectivity index (χ3n) is 3.62. The third-order valence-corrected chi connectivity index (χ3v) is 3.62. The SMILES string of the molecule is COC(=O)c1ccc(O[C@H](C)C(=O)c2cc(C)ccc2C)cc1. The van der Waals surface area contributed by atoms with Gasteiger partial charge >= 0.3 is 5.97 Å². The highest BCUT2D eigenvalue weighted by Gasteiger charge is 2.19. The number of methoxy groups -OCH3 is 1. The summed E-state index contributed by atoms with van der Waals surface area (Å²) in [5.74, 6) is 0.0584. The fourth-order valence-corrected chi connectivity index (χ4v) is 2.27. The molecule has 0 saturated carbocycles. The second-order valence-electron chi connectivity index (χ2n) is 5.46. The summed E-state index contributed by atoms with van der Waals surface area (Å²) in [5.41, 5.74) is 3.07. The van der Waals surface area contributed by atoms with E-state index in [9.17, 15) is 9.59 Å². The zero-order chi connectivity index (χ0) is 17.0. The highest BCUT2D eigenvalue weighted by Crippen LogP contribution is 2.18. The lowest BCUT2D eigenvalue weighted by molar-refractivity contribution is 0.0600. The van der Waals surface area contributed by atoms with Gasteiger partial charge in [0.15, 0.2) is 6.10 Å². The molecule has 0 N–H and O–H groups in total. The predicted octanol–water partition coefficient (Wildman–Crippen LogP) is 3.74. The van der Waals surface area contributed by atoms with Crippen LogP contribution < -0.4 is 4.74 Å². The van der Waals surface area contributed by atoms with Crippen LogP contribution in [0.3, 0.4) is 0 Å². The molecule has 120 valence electrons. The van der Waals surface area contributed by atoms with E-state index in [-0.39, 0.29) is 5.78 Å². The van der Waals surface area contributed by atoms with Crippen molar-refractivity contribution in [3.63, 3.8) is 0 Å². The minimum atomic E-state index is -0.612. The van der Waals surface area contributed by atoms with Crippen LogP contribution in [-0.2, 0) is 4.74 Å². The Morgan fingerprint density at radius 2 is 1.65 bits per heavy atom. The van der Waals surface area contributed by atoms with Gasteiger partial charge in [-0.1, -0.05) is 17.7 Å². The molecular weight excluding hydrogens is 292 g/mol. The number of rotatable bonds is 5. The second-order valence-corrected chi connectivity index (χ2v) is 5.46. The summed E-state index contributed by atoms with van der Waals surface area (Å²) in [6.45, 7) is 5.58. The molecule has 4 heteroatoms. The maximum Gasteiger partial charge on any atom is 0.337 e. The van der Waals surface area contributed by atoms with Crippen LogP contribution in [0.25, 0.3) is 0 Å². The van der Waals surface area contributed by atoms with Gasteiger partial charge in [-0.25, -0.2) is 4.79 Å². The summed E-state index contributed by atoms with van der Waals surface area (Å²) >= 11 is 0. The molecule has 0 aromatic heterocycles. The molecule has 0 radical (unpaired) electrons. The van der Waals surface area contributed by atoms with Gasteiger partial charge in [0.1, 0.15) is 5.75 Å². The van der Waals surface area contributed by atoms with Crippen LogP contribution in [-0.4, -0.2) is 25.0 Å². The standard InChI is InChI=1S/C19H20O4/c1-12-5-6-13(2)17(11-12)18(20)14(3)23-16-9-7-15(8-10-16)19(21)22-4/h5-11,14H,1-4H3/t14-/m1/s1. The van der Waals surface area contributed by atoms with Gasteiger partial charge in [0, 0.05) is 5.56 Å². The largest absolute Gasteiger partial charge is 0.483 e. The van der Waals surface area contributed by atoms with Crippen molar-refractivity contribution in [2.45, 2.75) is 26.9 Å². The summed E-state index contributed by atoms with van der Waals surface area (Å²) < 4.78 is 10.3. The first-order valence-electron chi connectivity index (χ1n) is 7.39. The maximum atomic E-state index is 12.5. The Kier molecular flexibility index (Phi) is 5.16. The van der Waals surface area contributed by atoms with Crippen LogP contribution >= 0.6 is 0 Å². The predicted molar refractivity (Wildman–Crippen MR) is 88.1 cm³/mol. The third kappa shape index (κ3) is 3.97. The number of hydrogen-bond donors (Lipinski definition) is 0. The molecule has 0 aliphatic heterocycles. The molecule has 4 nitrogen and oxygen atoms in total. The smallest absolute Gasteiger partial charge is 0.337 e. The van der Waals surface area contributed by atoms with Crippen LogP contribution in [0, 0.1) is 13.8 Å². The number of ketones is 1. The van der Waals surface area contributed by atoms with E-state index < -0.39 is 12.1 Å².